The van der Waals surface area contributed by atoms with Crippen LogP contribution in [-0.2, 0) is 22.7 Å². The monoisotopic (exact) mass is 582 g/mol. The molecule has 5 atom stereocenters. The van der Waals surface area contributed by atoms with Crippen molar-refractivity contribution in [2.24, 2.45) is 0 Å². The van der Waals surface area contributed by atoms with Crippen molar-refractivity contribution in [2.75, 3.05) is 11.5 Å². The SMILES string of the molecule is O=C(O)CCCC[C@@H]1SCC2NC(=O)N[C@@H]21.O=C1SCC2[C@@H]1N(Cc1ccccc1)C(=O)N2Cc1ccccc1. The summed E-state index contributed by atoms with van der Waals surface area (Å²) >= 11 is 3.22. The maximum absolute atomic E-state index is 13.0. The van der Waals surface area contributed by atoms with E-state index in [9.17, 15) is 19.2 Å². The van der Waals surface area contributed by atoms with Gasteiger partial charge in [0.1, 0.15) is 6.04 Å². The number of carboxylic acids is 1. The third kappa shape index (κ3) is 6.58. The number of carboxylic acid groups (broad SMARTS) is 1. The molecule has 0 aromatic heterocycles. The summed E-state index contributed by atoms with van der Waals surface area (Å²) in [6.45, 7) is 1.04. The maximum atomic E-state index is 13.0. The van der Waals surface area contributed by atoms with Crippen molar-refractivity contribution in [1.82, 2.24) is 20.4 Å². The number of rotatable bonds is 9. The number of benzene rings is 2. The van der Waals surface area contributed by atoms with E-state index < -0.39 is 5.97 Å². The van der Waals surface area contributed by atoms with Gasteiger partial charge >= 0.3 is 18.0 Å². The fraction of sp³-hybridized carbons (Fsp3) is 0.448. The number of hydrogen-bond acceptors (Lipinski definition) is 6. The molecule has 4 heterocycles. The Bertz CT molecular complexity index is 1220. The molecule has 4 saturated heterocycles. The Morgan fingerprint density at radius 3 is 2.17 bits per heavy atom. The van der Waals surface area contributed by atoms with Gasteiger partial charge in [-0.2, -0.15) is 11.8 Å². The van der Waals surface area contributed by atoms with Crippen LogP contribution in [0.15, 0.2) is 60.7 Å². The van der Waals surface area contributed by atoms with Gasteiger partial charge in [-0.05, 0) is 24.0 Å². The van der Waals surface area contributed by atoms with Gasteiger partial charge in [0, 0.05) is 36.3 Å². The molecule has 0 radical (unpaired) electrons. The fourth-order valence-electron chi connectivity index (χ4n) is 5.70. The molecule has 0 aliphatic carbocycles. The predicted molar refractivity (Wildman–Crippen MR) is 156 cm³/mol. The van der Waals surface area contributed by atoms with Gasteiger partial charge in [-0.3, -0.25) is 9.59 Å². The standard InChI is InChI=1S/C19H18N2O2S.C10H16N2O3S/c22-18-17-16(13-24-18)20(11-14-7-3-1-4-8-14)19(23)21(17)12-15-9-5-2-6-10-15;13-8(14)4-2-1-3-7-9-6(5-16-7)11-10(15)12-9/h1-10,16-17H,11-13H2;6-7,9H,1-5H2,(H,13,14)(H2,11,12,15)/t16?,17-;6?,7-,9-/m00/s1. The van der Waals surface area contributed by atoms with E-state index in [0.29, 0.717) is 24.1 Å². The lowest BCUT2D eigenvalue weighted by Crippen LogP contribution is -2.38. The summed E-state index contributed by atoms with van der Waals surface area (Å²) in [5, 5.41) is 14.9. The zero-order valence-corrected chi connectivity index (χ0v) is 23.7. The van der Waals surface area contributed by atoms with Crippen LogP contribution in [-0.4, -0.2) is 79.0 Å². The second kappa shape index (κ2) is 13.0. The minimum atomic E-state index is -0.729. The van der Waals surface area contributed by atoms with E-state index in [1.54, 1.807) is 4.90 Å². The number of amides is 4. The number of carbonyl (C=O) groups excluding carboxylic acids is 3. The van der Waals surface area contributed by atoms with Gasteiger partial charge in [0.15, 0.2) is 0 Å². The molecule has 40 heavy (non-hydrogen) atoms. The van der Waals surface area contributed by atoms with E-state index in [4.69, 9.17) is 5.11 Å². The van der Waals surface area contributed by atoms with Crippen LogP contribution in [0.1, 0.15) is 36.8 Å². The second-order valence-corrected chi connectivity index (χ2v) is 12.7. The molecular formula is C29H34N4O5S2. The average molecular weight is 583 g/mol. The lowest BCUT2D eigenvalue weighted by molar-refractivity contribution is -0.137. The minimum Gasteiger partial charge on any atom is -0.481 e. The summed E-state index contributed by atoms with van der Waals surface area (Å²) in [7, 11) is 0. The van der Waals surface area contributed by atoms with Gasteiger partial charge < -0.3 is 25.5 Å². The second-order valence-electron chi connectivity index (χ2n) is 10.4. The molecule has 0 bridgehead atoms. The highest BCUT2D eigenvalue weighted by Gasteiger charge is 2.53. The smallest absolute Gasteiger partial charge is 0.321 e. The molecule has 0 spiro atoms. The molecule has 2 unspecified atom stereocenters. The van der Waals surface area contributed by atoms with Crippen LogP contribution < -0.4 is 10.6 Å². The first-order chi connectivity index (χ1) is 19.4. The van der Waals surface area contributed by atoms with Gasteiger partial charge in [-0.15, -0.1) is 0 Å². The lowest BCUT2D eigenvalue weighted by atomic mass is 10.0. The average Bonchev–Trinajstić information content (AvgIpc) is 3.68. The van der Waals surface area contributed by atoms with E-state index in [-0.39, 0.29) is 47.8 Å². The Labute approximate surface area is 242 Å². The molecule has 3 N–H and O–H groups in total. The number of urea groups is 2. The molecular weight excluding hydrogens is 548 g/mol. The summed E-state index contributed by atoms with van der Waals surface area (Å²) in [5.41, 5.74) is 2.14. The normalized spacial score (nSPS) is 26.6. The first kappa shape index (κ1) is 28.4. The Balaban J connectivity index is 0.000000176. The van der Waals surface area contributed by atoms with E-state index in [1.807, 2.05) is 77.3 Å². The van der Waals surface area contributed by atoms with Crippen LogP contribution in [0.4, 0.5) is 9.59 Å². The third-order valence-electron chi connectivity index (χ3n) is 7.69. The summed E-state index contributed by atoms with van der Waals surface area (Å²) in [4.78, 5) is 50.4. The van der Waals surface area contributed by atoms with E-state index >= 15 is 0 Å². The first-order valence-electron chi connectivity index (χ1n) is 13.6. The largest absolute Gasteiger partial charge is 0.481 e. The van der Waals surface area contributed by atoms with Crippen molar-refractivity contribution in [3.05, 3.63) is 71.8 Å². The van der Waals surface area contributed by atoms with Crippen LogP contribution >= 0.6 is 23.5 Å². The number of nitrogens with one attached hydrogen (secondary N) is 2. The van der Waals surface area contributed by atoms with Crippen molar-refractivity contribution in [2.45, 2.75) is 68.2 Å². The van der Waals surface area contributed by atoms with Crippen molar-refractivity contribution < 1.29 is 24.3 Å². The number of unbranched alkanes of at least 4 members (excludes halogenated alkanes) is 1. The van der Waals surface area contributed by atoms with Crippen LogP contribution in [0.2, 0.25) is 0 Å². The Kier molecular flexibility index (Phi) is 9.21. The molecule has 4 aliphatic rings. The zero-order chi connectivity index (χ0) is 28.1. The number of hydrogen-bond donors (Lipinski definition) is 3. The van der Waals surface area contributed by atoms with Gasteiger partial charge in [0.25, 0.3) is 0 Å². The molecule has 2 aromatic carbocycles. The summed E-state index contributed by atoms with van der Waals surface area (Å²) < 4.78 is 0. The highest BCUT2D eigenvalue weighted by atomic mass is 32.2. The molecule has 4 fully saturated rings. The number of carbonyl (C=O) groups is 4. The Hall–Kier alpha value is -3.18. The van der Waals surface area contributed by atoms with Crippen molar-refractivity contribution >= 4 is 46.7 Å². The lowest BCUT2D eigenvalue weighted by Gasteiger charge is -2.22. The van der Waals surface area contributed by atoms with Gasteiger partial charge in [0.2, 0.25) is 5.12 Å². The minimum absolute atomic E-state index is 0.0288. The summed E-state index contributed by atoms with van der Waals surface area (Å²) in [5.74, 6) is 0.924. The maximum Gasteiger partial charge on any atom is 0.321 e. The molecule has 11 heteroatoms. The summed E-state index contributed by atoms with van der Waals surface area (Å²) in [6.07, 6.45) is 2.88. The molecule has 2 aromatic rings. The summed E-state index contributed by atoms with van der Waals surface area (Å²) in [6, 6.07) is 19.9. The molecule has 4 aliphatic heterocycles. The molecule has 4 amide bonds. The molecule has 6 rings (SSSR count). The van der Waals surface area contributed by atoms with E-state index in [0.717, 1.165) is 36.1 Å². The van der Waals surface area contributed by atoms with Crippen LogP contribution in [0.5, 0.6) is 0 Å². The number of nitrogens with zero attached hydrogens (tertiary/aromatic N) is 2. The molecule has 0 saturated carbocycles. The quantitative estimate of drug-likeness (QED) is 0.303. The zero-order valence-electron chi connectivity index (χ0n) is 22.1. The predicted octanol–water partition coefficient (Wildman–Crippen LogP) is 3.93. The number of thioether (sulfide) groups is 2. The van der Waals surface area contributed by atoms with Gasteiger partial charge in [-0.25, -0.2) is 9.59 Å². The third-order valence-corrected chi connectivity index (χ3v) is 10.2. The van der Waals surface area contributed by atoms with Crippen molar-refractivity contribution in [3.8, 4) is 0 Å². The Morgan fingerprint density at radius 2 is 1.52 bits per heavy atom. The van der Waals surface area contributed by atoms with Crippen LogP contribution in [0.3, 0.4) is 0 Å². The first-order valence-corrected chi connectivity index (χ1v) is 15.7. The fourth-order valence-corrected chi connectivity index (χ4v) is 8.39. The highest BCUT2D eigenvalue weighted by molar-refractivity contribution is 8.14. The van der Waals surface area contributed by atoms with Crippen molar-refractivity contribution in [3.63, 3.8) is 0 Å². The van der Waals surface area contributed by atoms with Crippen LogP contribution in [0.25, 0.3) is 0 Å². The highest BCUT2D eigenvalue weighted by Crippen LogP contribution is 2.37. The van der Waals surface area contributed by atoms with Crippen LogP contribution in [0, 0.1) is 0 Å². The van der Waals surface area contributed by atoms with Gasteiger partial charge in [-0.1, -0.05) is 78.8 Å². The Morgan fingerprint density at radius 1 is 0.875 bits per heavy atom. The number of fused-ring (bicyclic) bond motifs is 2. The van der Waals surface area contributed by atoms with Gasteiger partial charge in [0.05, 0.1) is 18.1 Å². The number of aliphatic carboxylic acids is 1. The van der Waals surface area contributed by atoms with E-state index in [2.05, 4.69) is 10.6 Å². The van der Waals surface area contributed by atoms with E-state index in [1.165, 1.54) is 11.8 Å². The van der Waals surface area contributed by atoms with Crippen molar-refractivity contribution in [1.29, 1.82) is 0 Å². The topological polar surface area (TPSA) is 119 Å². The molecule has 212 valence electrons. The molecule has 9 nitrogen and oxygen atoms in total.